The Hall–Kier alpha value is -4.17. The molecule has 8 nitrogen and oxygen atoms in total. The zero-order valence-corrected chi connectivity index (χ0v) is 20.1. The summed E-state index contributed by atoms with van der Waals surface area (Å²) in [4.78, 5) is 42.7. The van der Waals surface area contributed by atoms with Crippen molar-refractivity contribution in [1.29, 1.82) is 0 Å². The van der Waals surface area contributed by atoms with Crippen LogP contribution >= 0.6 is 0 Å². The van der Waals surface area contributed by atoms with E-state index < -0.39 is 35.3 Å². The van der Waals surface area contributed by atoms with Crippen LogP contribution in [0.4, 0.5) is 5.69 Å². The Morgan fingerprint density at radius 3 is 1.94 bits per heavy atom. The highest BCUT2D eigenvalue weighted by atomic mass is 16.5. The summed E-state index contributed by atoms with van der Waals surface area (Å²) < 4.78 is 15.8. The first-order valence-electron chi connectivity index (χ1n) is 11.5. The van der Waals surface area contributed by atoms with Gasteiger partial charge in [0.05, 0.1) is 38.9 Å². The van der Waals surface area contributed by atoms with E-state index in [1.54, 1.807) is 62.8 Å². The lowest BCUT2D eigenvalue weighted by Crippen LogP contribution is -2.53. The van der Waals surface area contributed by atoms with Gasteiger partial charge in [-0.2, -0.15) is 0 Å². The maximum Gasteiger partial charge on any atom is 0.331 e. The summed E-state index contributed by atoms with van der Waals surface area (Å²) >= 11 is 0. The molecule has 2 aliphatic rings. The molecule has 2 aliphatic heterocycles. The Bertz CT molecular complexity index is 1290. The topological polar surface area (TPSA) is 94.2 Å². The summed E-state index contributed by atoms with van der Waals surface area (Å²) in [7, 11) is 4.37. The maximum atomic E-state index is 14.1. The first-order valence-corrected chi connectivity index (χ1v) is 11.5. The summed E-state index contributed by atoms with van der Waals surface area (Å²) in [6, 6.07) is 22.3. The minimum absolute atomic E-state index is 0.379. The minimum Gasteiger partial charge on any atom is -0.497 e. The molecule has 2 saturated heterocycles. The molecular formula is C28H26N2O6. The van der Waals surface area contributed by atoms with E-state index in [2.05, 4.69) is 5.32 Å². The van der Waals surface area contributed by atoms with Crippen LogP contribution in [-0.2, 0) is 24.7 Å². The standard InChI is InChI=1S/C28H26N2O6/c1-34-20-13-9-18(10-14-20)28(27(33)36-3)23-22(24(29-28)17-7-5-4-6-8-17)25(31)30(26(23)32)19-11-15-21(35-2)16-12-19/h4-16,22-24,29H,1-3H3/t22-,23-,24-,28-/m0/s1. The van der Waals surface area contributed by atoms with Crippen molar-refractivity contribution in [2.45, 2.75) is 11.6 Å². The third-order valence-electron chi connectivity index (χ3n) is 7.10. The Kier molecular flexibility index (Phi) is 5.97. The van der Waals surface area contributed by atoms with Crippen molar-refractivity contribution in [1.82, 2.24) is 5.32 Å². The second-order valence-electron chi connectivity index (χ2n) is 8.77. The van der Waals surface area contributed by atoms with Crippen molar-refractivity contribution in [3.63, 3.8) is 0 Å². The molecule has 0 unspecified atom stereocenters. The largest absolute Gasteiger partial charge is 0.497 e. The number of ether oxygens (including phenoxy) is 3. The van der Waals surface area contributed by atoms with Crippen LogP contribution in [0.1, 0.15) is 17.2 Å². The molecule has 2 heterocycles. The van der Waals surface area contributed by atoms with E-state index in [9.17, 15) is 14.4 Å². The number of anilines is 1. The van der Waals surface area contributed by atoms with Gasteiger partial charge in [0.2, 0.25) is 11.8 Å². The molecule has 0 aromatic heterocycles. The number of hydrogen-bond donors (Lipinski definition) is 1. The SMILES string of the molecule is COC(=O)[C@@]1(c2ccc(OC)cc2)N[C@@H](c2ccccc2)[C@H]2C(=O)N(c3ccc(OC)cc3)C(=O)[C@H]21. The Labute approximate surface area is 208 Å². The average molecular weight is 487 g/mol. The summed E-state index contributed by atoms with van der Waals surface area (Å²) in [6.07, 6.45) is 0. The number of amides is 2. The molecule has 0 radical (unpaired) electrons. The van der Waals surface area contributed by atoms with Gasteiger partial charge in [0, 0.05) is 6.04 Å². The summed E-state index contributed by atoms with van der Waals surface area (Å²) in [5, 5.41) is 3.37. The molecule has 0 bridgehead atoms. The summed E-state index contributed by atoms with van der Waals surface area (Å²) in [6.45, 7) is 0. The molecule has 184 valence electrons. The third kappa shape index (κ3) is 3.45. The quantitative estimate of drug-likeness (QED) is 0.422. The monoisotopic (exact) mass is 486 g/mol. The Balaban J connectivity index is 1.69. The maximum absolute atomic E-state index is 14.1. The van der Waals surface area contributed by atoms with Crippen molar-refractivity contribution in [2.24, 2.45) is 11.8 Å². The van der Waals surface area contributed by atoms with E-state index in [4.69, 9.17) is 14.2 Å². The van der Waals surface area contributed by atoms with Gasteiger partial charge in [-0.25, -0.2) is 9.69 Å². The fourth-order valence-electron chi connectivity index (χ4n) is 5.43. The number of hydrogen-bond acceptors (Lipinski definition) is 7. The van der Waals surface area contributed by atoms with Crippen molar-refractivity contribution < 1.29 is 28.6 Å². The smallest absolute Gasteiger partial charge is 0.331 e. The normalized spacial score (nSPS) is 25.0. The van der Waals surface area contributed by atoms with E-state index in [0.29, 0.717) is 22.7 Å². The second-order valence-corrected chi connectivity index (χ2v) is 8.77. The molecule has 8 heteroatoms. The van der Waals surface area contributed by atoms with Gasteiger partial charge in [0.15, 0.2) is 5.54 Å². The molecule has 0 saturated carbocycles. The van der Waals surface area contributed by atoms with Gasteiger partial charge in [0.25, 0.3) is 0 Å². The molecule has 3 aromatic rings. The predicted molar refractivity (Wildman–Crippen MR) is 131 cm³/mol. The van der Waals surface area contributed by atoms with E-state index in [0.717, 1.165) is 5.56 Å². The molecule has 3 aromatic carbocycles. The lowest BCUT2D eigenvalue weighted by Gasteiger charge is -2.33. The van der Waals surface area contributed by atoms with Gasteiger partial charge >= 0.3 is 5.97 Å². The third-order valence-corrected chi connectivity index (χ3v) is 7.10. The fraction of sp³-hybridized carbons (Fsp3) is 0.250. The molecule has 1 N–H and O–H groups in total. The number of imide groups is 1. The number of esters is 1. The van der Waals surface area contributed by atoms with Crippen LogP contribution in [0.25, 0.3) is 0 Å². The van der Waals surface area contributed by atoms with Gasteiger partial charge in [-0.05, 0) is 47.5 Å². The number of methoxy groups -OCH3 is 3. The van der Waals surface area contributed by atoms with Crippen LogP contribution in [-0.4, -0.2) is 39.1 Å². The lowest BCUT2D eigenvalue weighted by molar-refractivity contribution is -0.152. The van der Waals surface area contributed by atoms with Gasteiger partial charge < -0.3 is 14.2 Å². The van der Waals surface area contributed by atoms with Gasteiger partial charge in [-0.3, -0.25) is 14.9 Å². The first kappa shape index (κ1) is 23.6. The highest BCUT2D eigenvalue weighted by Crippen LogP contribution is 2.54. The van der Waals surface area contributed by atoms with E-state index in [-0.39, 0.29) is 5.91 Å². The van der Waals surface area contributed by atoms with Crippen molar-refractivity contribution in [3.8, 4) is 11.5 Å². The van der Waals surface area contributed by atoms with Gasteiger partial charge in [-0.15, -0.1) is 0 Å². The highest BCUT2D eigenvalue weighted by molar-refractivity contribution is 6.24. The van der Waals surface area contributed by atoms with Crippen LogP contribution in [0.15, 0.2) is 78.9 Å². The summed E-state index contributed by atoms with van der Waals surface area (Å²) in [5.41, 5.74) is 0.145. The van der Waals surface area contributed by atoms with Crippen LogP contribution in [0.2, 0.25) is 0 Å². The van der Waals surface area contributed by atoms with E-state index in [1.165, 1.54) is 12.0 Å². The second kappa shape index (κ2) is 9.13. The zero-order valence-electron chi connectivity index (χ0n) is 20.1. The van der Waals surface area contributed by atoms with Crippen molar-refractivity contribution in [2.75, 3.05) is 26.2 Å². The molecule has 5 rings (SSSR count). The number of carbonyl (C=O) groups excluding carboxylic acids is 3. The average Bonchev–Trinajstić information content (AvgIpc) is 3.43. The fourth-order valence-corrected chi connectivity index (χ4v) is 5.43. The van der Waals surface area contributed by atoms with Crippen LogP contribution in [0.5, 0.6) is 11.5 Å². The van der Waals surface area contributed by atoms with Gasteiger partial charge in [0.1, 0.15) is 11.5 Å². The lowest BCUT2D eigenvalue weighted by atomic mass is 9.75. The van der Waals surface area contributed by atoms with Crippen molar-refractivity contribution in [3.05, 3.63) is 90.0 Å². The molecule has 0 aliphatic carbocycles. The predicted octanol–water partition coefficient (Wildman–Crippen LogP) is 3.22. The van der Waals surface area contributed by atoms with Crippen LogP contribution < -0.4 is 19.7 Å². The number of nitrogens with one attached hydrogen (secondary N) is 1. The molecule has 2 fully saturated rings. The minimum atomic E-state index is -1.58. The number of fused-ring (bicyclic) bond motifs is 1. The molecule has 4 atom stereocenters. The number of carbonyl (C=O) groups is 3. The number of benzene rings is 3. The van der Waals surface area contributed by atoms with Crippen molar-refractivity contribution >= 4 is 23.5 Å². The Morgan fingerprint density at radius 2 is 1.39 bits per heavy atom. The van der Waals surface area contributed by atoms with Crippen LogP contribution in [0.3, 0.4) is 0 Å². The van der Waals surface area contributed by atoms with Gasteiger partial charge in [-0.1, -0.05) is 42.5 Å². The molecule has 0 spiro atoms. The highest BCUT2D eigenvalue weighted by Gasteiger charge is 2.69. The summed E-state index contributed by atoms with van der Waals surface area (Å²) in [5.74, 6) is -2.15. The number of nitrogens with zero attached hydrogens (tertiary/aromatic N) is 1. The Morgan fingerprint density at radius 1 is 0.806 bits per heavy atom. The van der Waals surface area contributed by atoms with Crippen LogP contribution in [0, 0.1) is 11.8 Å². The number of rotatable bonds is 6. The first-order chi connectivity index (χ1) is 17.5. The molecular weight excluding hydrogens is 460 g/mol. The zero-order chi connectivity index (χ0) is 25.4. The molecule has 2 amide bonds. The van der Waals surface area contributed by atoms with E-state index >= 15 is 0 Å². The van der Waals surface area contributed by atoms with E-state index in [1.807, 2.05) is 30.3 Å². The molecule has 36 heavy (non-hydrogen) atoms.